The van der Waals surface area contributed by atoms with Gasteiger partial charge in [0.1, 0.15) is 0 Å². The minimum Gasteiger partial charge on any atom is -0.377 e. The third-order valence-corrected chi connectivity index (χ3v) is 3.97. The van der Waals surface area contributed by atoms with E-state index in [-0.39, 0.29) is 5.56 Å². The lowest BCUT2D eigenvalue weighted by Crippen LogP contribution is -2.24. The molecule has 0 aliphatic rings. The summed E-state index contributed by atoms with van der Waals surface area (Å²) < 4.78 is 29.5. The van der Waals surface area contributed by atoms with Crippen molar-refractivity contribution in [3.8, 4) is 0 Å². The van der Waals surface area contributed by atoms with Crippen LogP contribution in [0, 0.1) is 0 Å². The molecule has 0 saturated carbocycles. The highest BCUT2D eigenvalue weighted by molar-refractivity contribution is 9.11. The number of alkyl halides is 2. The van der Waals surface area contributed by atoms with E-state index < -0.39 is 12.5 Å². The summed E-state index contributed by atoms with van der Waals surface area (Å²) in [5.41, 5.74) is 0.629. The average Bonchev–Trinajstić information content (AvgIpc) is 2.39. The molecule has 0 saturated heterocycles. The molecule has 2 aromatic carbocycles. The van der Waals surface area contributed by atoms with E-state index in [0.29, 0.717) is 5.69 Å². The fourth-order valence-electron chi connectivity index (χ4n) is 1.65. The normalized spacial score (nSPS) is 11.4. The summed E-state index contributed by atoms with van der Waals surface area (Å²) in [6.07, 6.45) is 0. The van der Waals surface area contributed by atoms with Crippen LogP contribution in [-0.2, 0) is 5.92 Å². The molecule has 1 nitrogen and oxygen atoms in total. The van der Waals surface area contributed by atoms with Crippen LogP contribution in [0.3, 0.4) is 0 Å². The van der Waals surface area contributed by atoms with Gasteiger partial charge in [0.2, 0.25) is 0 Å². The quantitative estimate of drug-likeness (QED) is 0.735. The van der Waals surface area contributed by atoms with Gasteiger partial charge in [0.15, 0.2) is 0 Å². The third-order valence-electron chi connectivity index (χ3n) is 2.65. The summed E-state index contributed by atoms with van der Waals surface area (Å²) in [6.45, 7) is -0.460. The lowest BCUT2D eigenvalue weighted by molar-refractivity contribution is 0.0106. The van der Waals surface area contributed by atoms with Gasteiger partial charge in [-0.1, -0.05) is 36.4 Å². The van der Waals surface area contributed by atoms with Crippen molar-refractivity contribution in [3.63, 3.8) is 0 Å². The zero-order valence-corrected chi connectivity index (χ0v) is 13.0. The molecule has 0 aliphatic carbocycles. The topological polar surface area (TPSA) is 12.0 Å². The fraction of sp³-hybridized carbons (Fsp3) is 0.143. The van der Waals surface area contributed by atoms with Gasteiger partial charge in [-0.05, 0) is 44.0 Å². The van der Waals surface area contributed by atoms with E-state index in [9.17, 15) is 8.78 Å². The predicted octanol–water partition coefficient (Wildman–Crippen LogP) is 5.42. The van der Waals surface area contributed by atoms with Gasteiger partial charge in [-0.15, -0.1) is 0 Å². The lowest BCUT2D eigenvalue weighted by Gasteiger charge is -2.19. The number of nitrogens with one attached hydrogen (secondary N) is 1. The molecule has 0 fully saturated rings. The van der Waals surface area contributed by atoms with E-state index >= 15 is 0 Å². The molecule has 2 rings (SSSR count). The molecule has 0 atom stereocenters. The molecule has 100 valence electrons. The molecule has 0 aromatic heterocycles. The molecule has 1 N–H and O–H groups in total. The van der Waals surface area contributed by atoms with E-state index in [0.717, 1.165) is 8.95 Å². The summed E-state index contributed by atoms with van der Waals surface area (Å²) in [4.78, 5) is 0. The van der Waals surface area contributed by atoms with E-state index in [1.165, 1.54) is 12.1 Å². The Labute approximate surface area is 127 Å². The molecule has 0 bridgehead atoms. The number of rotatable bonds is 4. The van der Waals surface area contributed by atoms with Crippen LogP contribution in [0.5, 0.6) is 0 Å². The minimum atomic E-state index is -2.92. The first-order chi connectivity index (χ1) is 9.00. The van der Waals surface area contributed by atoms with Gasteiger partial charge in [-0.2, -0.15) is 8.78 Å². The number of benzene rings is 2. The van der Waals surface area contributed by atoms with Crippen molar-refractivity contribution in [2.24, 2.45) is 0 Å². The van der Waals surface area contributed by atoms with Crippen molar-refractivity contribution in [2.75, 3.05) is 11.9 Å². The second kappa shape index (κ2) is 6.01. The molecular formula is C14H11Br2F2N. The van der Waals surface area contributed by atoms with Crippen molar-refractivity contribution < 1.29 is 8.78 Å². The van der Waals surface area contributed by atoms with Gasteiger partial charge in [0.25, 0.3) is 5.92 Å². The zero-order valence-electron chi connectivity index (χ0n) is 9.84. The molecule has 0 unspecified atom stereocenters. The van der Waals surface area contributed by atoms with Crippen LogP contribution in [0.2, 0.25) is 0 Å². The van der Waals surface area contributed by atoms with Crippen LogP contribution >= 0.6 is 31.9 Å². The van der Waals surface area contributed by atoms with Crippen LogP contribution in [0.4, 0.5) is 14.5 Å². The van der Waals surface area contributed by atoms with Crippen LogP contribution in [0.15, 0.2) is 57.5 Å². The third kappa shape index (κ3) is 3.54. The van der Waals surface area contributed by atoms with Crippen molar-refractivity contribution in [1.29, 1.82) is 0 Å². The molecule has 0 aliphatic heterocycles. The largest absolute Gasteiger partial charge is 0.377 e. The van der Waals surface area contributed by atoms with Crippen molar-refractivity contribution in [3.05, 3.63) is 63.0 Å². The lowest BCUT2D eigenvalue weighted by atomic mass is 10.1. The van der Waals surface area contributed by atoms with Crippen LogP contribution in [-0.4, -0.2) is 6.54 Å². The Bertz CT molecular complexity index is 538. The summed E-state index contributed by atoms with van der Waals surface area (Å²) in [6, 6.07) is 13.2. The Kier molecular flexibility index (Phi) is 4.58. The van der Waals surface area contributed by atoms with Gasteiger partial charge >= 0.3 is 0 Å². The maximum atomic E-state index is 14.0. The van der Waals surface area contributed by atoms with Gasteiger partial charge in [0.05, 0.1) is 12.2 Å². The molecule has 0 heterocycles. The molecule has 2 aromatic rings. The molecular weight excluding hydrogens is 380 g/mol. The number of anilines is 1. The van der Waals surface area contributed by atoms with Crippen LogP contribution < -0.4 is 5.32 Å². The summed E-state index contributed by atoms with van der Waals surface area (Å²) in [7, 11) is 0. The number of halogens is 4. The first kappa shape index (κ1) is 14.5. The standard InChI is InChI=1S/C14H11Br2F2N/c15-11-7-4-8-12(16)13(11)19-9-14(17,18)10-5-2-1-3-6-10/h1-8,19H,9H2. The van der Waals surface area contributed by atoms with E-state index in [2.05, 4.69) is 37.2 Å². The van der Waals surface area contributed by atoms with Gasteiger partial charge in [-0.3, -0.25) is 0 Å². The summed E-state index contributed by atoms with van der Waals surface area (Å²) in [5.74, 6) is -2.92. The maximum absolute atomic E-state index is 14.0. The highest BCUT2D eigenvalue weighted by Gasteiger charge is 2.31. The molecule has 5 heteroatoms. The predicted molar refractivity (Wildman–Crippen MR) is 80.7 cm³/mol. The SMILES string of the molecule is FC(F)(CNc1c(Br)cccc1Br)c1ccccc1. The Hall–Kier alpha value is -0.940. The Balaban J connectivity index is 2.14. The molecule has 19 heavy (non-hydrogen) atoms. The molecule has 0 spiro atoms. The van der Waals surface area contributed by atoms with Gasteiger partial charge < -0.3 is 5.32 Å². The zero-order chi connectivity index (χ0) is 13.9. The van der Waals surface area contributed by atoms with Crippen LogP contribution in [0.25, 0.3) is 0 Å². The maximum Gasteiger partial charge on any atom is 0.290 e. The molecule has 0 radical (unpaired) electrons. The number of hydrogen-bond donors (Lipinski definition) is 1. The highest BCUT2D eigenvalue weighted by Crippen LogP contribution is 2.33. The van der Waals surface area contributed by atoms with E-state index in [1.807, 2.05) is 6.07 Å². The smallest absolute Gasteiger partial charge is 0.290 e. The first-order valence-corrected chi connectivity index (χ1v) is 7.20. The number of hydrogen-bond acceptors (Lipinski definition) is 1. The highest BCUT2D eigenvalue weighted by atomic mass is 79.9. The van der Waals surface area contributed by atoms with E-state index in [1.54, 1.807) is 30.3 Å². The second-order valence-corrected chi connectivity index (χ2v) is 5.73. The van der Waals surface area contributed by atoms with Crippen molar-refractivity contribution in [2.45, 2.75) is 5.92 Å². The minimum absolute atomic E-state index is 0.00526. The first-order valence-electron chi connectivity index (χ1n) is 5.62. The monoisotopic (exact) mass is 389 g/mol. The Morgan fingerprint density at radius 3 is 2.05 bits per heavy atom. The summed E-state index contributed by atoms with van der Waals surface area (Å²) in [5, 5.41) is 2.78. The van der Waals surface area contributed by atoms with Gasteiger partial charge in [0, 0.05) is 14.5 Å². The average molecular weight is 391 g/mol. The van der Waals surface area contributed by atoms with Crippen LogP contribution in [0.1, 0.15) is 5.56 Å². The fourth-order valence-corrected chi connectivity index (χ4v) is 2.93. The molecule has 0 amide bonds. The second-order valence-electron chi connectivity index (χ2n) is 4.02. The Morgan fingerprint density at radius 2 is 1.47 bits per heavy atom. The Morgan fingerprint density at radius 1 is 0.895 bits per heavy atom. The van der Waals surface area contributed by atoms with E-state index in [4.69, 9.17) is 0 Å². The van der Waals surface area contributed by atoms with Crippen molar-refractivity contribution in [1.82, 2.24) is 0 Å². The number of para-hydroxylation sites is 1. The van der Waals surface area contributed by atoms with Crippen molar-refractivity contribution >= 4 is 37.5 Å². The summed E-state index contributed by atoms with van der Waals surface area (Å²) >= 11 is 6.67. The van der Waals surface area contributed by atoms with Gasteiger partial charge in [-0.25, -0.2) is 0 Å².